The molecule has 3 heterocycles. The highest BCUT2D eigenvalue weighted by molar-refractivity contribution is 5.94. The van der Waals surface area contributed by atoms with Crippen LogP contribution in [0, 0.1) is 6.92 Å². The summed E-state index contributed by atoms with van der Waals surface area (Å²) in [7, 11) is 2.20. The van der Waals surface area contributed by atoms with Crippen molar-refractivity contribution in [2.75, 3.05) is 33.2 Å². The summed E-state index contributed by atoms with van der Waals surface area (Å²) < 4.78 is 2.30. The van der Waals surface area contributed by atoms with Crippen LogP contribution in [0.2, 0.25) is 0 Å². The van der Waals surface area contributed by atoms with Gasteiger partial charge in [0.15, 0.2) is 0 Å². The van der Waals surface area contributed by atoms with Crippen LogP contribution in [-0.4, -0.2) is 86.8 Å². The fraction of sp³-hybridized carbons (Fsp3) is 0.391. The fourth-order valence-electron chi connectivity index (χ4n) is 3.91. The Bertz CT molecular complexity index is 993. The minimum Gasteiger partial charge on any atom is -0.483 e. The lowest BCUT2D eigenvalue weighted by Gasteiger charge is -2.36. The van der Waals surface area contributed by atoms with Gasteiger partial charge in [0.25, 0.3) is 12.9 Å². The molecule has 0 saturated carbocycles. The Morgan fingerprint density at radius 3 is 2.34 bits per heavy atom. The molecule has 4 rings (SSSR count). The smallest absolute Gasteiger partial charge is 0.290 e. The summed E-state index contributed by atoms with van der Waals surface area (Å²) in [6.07, 6.45) is 5.88. The number of fused-ring (bicyclic) bond motifs is 1. The third kappa shape index (κ3) is 6.35. The van der Waals surface area contributed by atoms with Gasteiger partial charge in [-0.3, -0.25) is 19.5 Å². The van der Waals surface area contributed by atoms with Gasteiger partial charge in [-0.15, -0.1) is 0 Å². The summed E-state index contributed by atoms with van der Waals surface area (Å²) in [5.41, 5.74) is 3.46. The molecule has 0 spiro atoms. The molecule has 3 aromatic rings. The Morgan fingerprint density at radius 2 is 1.69 bits per heavy atom. The molecule has 2 aromatic heterocycles. The van der Waals surface area contributed by atoms with E-state index in [9.17, 15) is 0 Å². The number of carbonyl (C=O) groups is 2. The van der Waals surface area contributed by atoms with E-state index in [2.05, 4.69) is 64.6 Å². The molecule has 1 aliphatic heterocycles. The number of aromatic nitrogens is 3. The highest BCUT2D eigenvalue weighted by Crippen LogP contribution is 2.30. The first-order valence-corrected chi connectivity index (χ1v) is 10.4. The average Bonchev–Trinajstić information content (AvgIpc) is 3.22. The van der Waals surface area contributed by atoms with Gasteiger partial charge in [-0.2, -0.15) is 0 Å². The molecule has 172 valence electrons. The van der Waals surface area contributed by atoms with Crippen LogP contribution in [0.5, 0.6) is 0 Å². The van der Waals surface area contributed by atoms with E-state index in [0.717, 1.165) is 44.1 Å². The first kappa shape index (κ1) is 25.0. The number of aryl methyl sites for hydroxylation is 1. The quantitative estimate of drug-likeness (QED) is 0.594. The number of carboxylic acid groups (broad SMARTS) is 2. The molecular formula is C23H31N5O4. The van der Waals surface area contributed by atoms with Crippen molar-refractivity contribution in [2.24, 2.45) is 0 Å². The van der Waals surface area contributed by atoms with E-state index in [-0.39, 0.29) is 12.9 Å². The van der Waals surface area contributed by atoms with Gasteiger partial charge in [-0.05, 0) is 38.6 Å². The summed E-state index contributed by atoms with van der Waals surface area (Å²) >= 11 is 0. The first-order chi connectivity index (χ1) is 15.5. The van der Waals surface area contributed by atoms with Gasteiger partial charge in [0, 0.05) is 68.3 Å². The third-order valence-electron chi connectivity index (χ3n) is 5.55. The average molecular weight is 442 g/mol. The summed E-state index contributed by atoms with van der Waals surface area (Å²) in [5.74, 6) is 1.04. The molecule has 0 aliphatic carbocycles. The second kappa shape index (κ2) is 12.5. The van der Waals surface area contributed by atoms with Crippen molar-refractivity contribution in [3.8, 4) is 11.4 Å². The molecule has 0 radical (unpaired) electrons. The maximum atomic E-state index is 8.36. The van der Waals surface area contributed by atoms with Crippen molar-refractivity contribution >= 4 is 23.8 Å². The van der Waals surface area contributed by atoms with E-state index in [4.69, 9.17) is 24.8 Å². The topological polar surface area (TPSA) is 112 Å². The predicted molar refractivity (Wildman–Crippen MR) is 124 cm³/mol. The van der Waals surface area contributed by atoms with Gasteiger partial charge >= 0.3 is 0 Å². The number of likely N-dealkylation sites (N-methyl/N-ethyl adjacent to an activating group) is 1. The lowest BCUT2D eigenvalue weighted by molar-refractivity contribution is -0.123. The standard InChI is InChI=1S/C21H27N5.2CH2O2/c1-16-6-7-19-18(5-4-8-22-19)20(16)21-23-9-10-26(21)15-17(2)25-13-11-24(3)12-14-25;2*2-1-3/h4-10,17H,11-15H2,1-3H3;2*1H,(H,2,3). The molecule has 0 amide bonds. The maximum Gasteiger partial charge on any atom is 0.290 e. The molecule has 1 aromatic carbocycles. The van der Waals surface area contributed by atoms with Crippen LogP contribution in [0.15, 0.2) is 42.9 Å². The van der Waals surface area contributed by atoms with Crippen molar-refractivity contribution in [1.29, 1.82) is 0 Å². The third-order valence-corrected chi connectivity index (χ3v) is 5.55. The van der Waals surface area contributed by atoms with E-state index < -0.39 is 0 Å². The highest BCUT2D eigenvalue weighted by atomic mass is 16.3. The van der Waals surface area contributed by atoms with Crippen LogP contribution >= 0.6 is 0 Å². The van der Waals surface area contributed by atoms with E-state index in [1.54, 1.807) is 0 Å². The van der Waals surface area contributed by atoms with Crippen molar-refractivity contribution in [3.05, 3.63) is 48.4 Å². The van der Waals surface area contributed by atoms with Crippen molar-refractivity contribution in [1.82, 2.24) is 24.3 Å². The van der Waals surface area contributed by atoms with Gasteiger partial charge in [-0.1, -0.05) is 12.1 Å². The highest BCUT2D eigenvalue weighted by Gasteiger charge is 2.21. The number of rotatable bonds is 4. The minimum atomic E-state index is -0.250. The number of imidazole rings is 1. The normalized spacial score (nSPS) is 15.1. The second-order valence-corrected chi connectivity index (χ2v) is 7.63. The van der Waals surface area contributed by atoms with Gasteiger partial charge in [0.05, 0.1) is 5.52 Å². The van der Waals surface area contributed by atoms with Gasteiger partial charge in [0.2, 0.25) is 0 Å². The largest absolute Gasteiger partial charge is 0.483 e. The van der Waals surface area contributed by atoms with Gasteiger partial charge in [0.1, 0.15) is 5.82 Å². The number of nitrogens with zero attached hydrogens (tertiary/aromatic N) is 5. The molecule has 9 nitrogen and oxygen atoms in total. The molecule has 1 fully saturated rings. The van der Waals surface area contributed by atoms with E-state index in [1.807, 2.05) is 18.5 Å². The van der Waals surface area contributed by atoms with Crippen molar-refractivity contribution in [2.45, 2.75) is 26.4 Å². The Balaban J connectivity index is 0.000000547. The Hall–Kier alpha value is -3.30. The summed E-state index contributed by atoms with van der Waals surface area (Å²) in [6, 6.07) is 8.88. The first-order valence-electron chi connectivity index (χ1n) is 10.4. The minimum absolute atomic E-state index is 0.250. The number of pyridine rings is 1. The molecule has 1 saturated heterocycles. The lowest BCUT2D eigenvalue weighted by atomic mass is 10.0. The van der Waals surface area contributed by atoms with E-state index in [1.165, 1.54) is 16.5 Å². The van der Waals surface area contributed by atoms with E-state index in [0.29, 0.717) is 6.04 Å². The molecule has 2 N–H and O–H groups in total. The Labute approximate surface area is 187 Å². The number of hydrogen-bond acceptors (Lipinski definition) is 6. The fourth-order valence-corrected chi connectivity index (χ4v) is 3.91. The van der Waals surface area contributed by atoms with Crippen LogP contribution in [0.1, 0.15) is 12.5 Å². The SMILES string of the molecule is Cc1ccc2ncccc2c1-c1nccn1CC(C)N1CCN(C)CC1.O=CO.O=CO. The van der Waals surface area contributed by atoms with Crippen LogP contribution in [-0.2, 0) is 16.1 Å². The molecule has 0 bridgehead atoms. The Kier molecular flexibility index (Phi) is 9.77. The van der Waals surface area contributed by atoms with Crippen LogP contribution in [0.3, 0.4) is 0 Å². The molecule has 32 heavy (non-hydrogen) atoms. The second-order valence-electron chi connectivity index (χ2n) is 7.63. The van der Waals surface area contributed by atoms with Crippen LogP contribution < -0.4 is 0 Å². The summed E-state index contributed by atoms with van der Waals surface area (Å²) in [6.45, 7) is 9.51. The zero-order valence-electron chi connectivity index (χ0n) is 18.8. The van der Waals surface area contributed by atoms with Crippen LogP contribution in [0.4, 0.5) is 0 Å². The number of benzene rings is 1. The molecule has 1 aliphatic rings. The summed E-state index contributed by atoms with van der Waals surface area (Å²) in [5, 5.41) is 15.0. The number of piperazine rings is 1. The van der Waals surface area contributed by atoms with Gasteiger partial charge < -0.3 is 19.7 Å². The van der Waals surface area contributed by atoms with Crippen molar-refractivity contribution in [3.63, 3.8) is 0 Å². The summed E-state index contributed by atoms with van der Waals surface area (Å²) in [4.78, 5) is 30.9. The van der Waals surface area contributed by atoms with Crippen LogP contribution in [0.25, 0.3) is 22.3 Å². The molecule has 1 atom stereocenters. The maximum absolute atomic E-state index is 8.36. The monoisotopic (exact) mass is 441 g/mol. The zero-order valence-corrected chi connectivity index (χ0v) is 18.8. The molecular weight excluding hydrogens is 410 g/mol. The predicted octanol–water partition coefficient (Wildman–Crippen LogP) is 2.44. The van der Waals surface area contributed by atoms with Gasteiger partial charge in [-0.25, -0.2) is 4.98 Å². The lowest BCUT2D eigenvalue weighted by Crippen LogP contribution is -2.49. The molecule has 9 heteroatoms. The van der Waals surface area contributed by atoms with Crippen molar-refractivity contribution < 1.29 is 19.8 Å². The molecule has 1 unspecified atom stereocenters. The number of hydrogen-bond donors (Lipinski definition) is 2. The zero-order chi connectivity index (χ0) is 23.5. The Morgan fingerprint density at radius 1 is 1.03 bits per heavy atom. The van der Waals surface area contributed by atoms with E-state index >= 15 is 0 Å².